The van der Waals surface area contributed by atoms with Crippen molar-refractivity contribution in [2.75, 3.05) is 6.61 Å². The van der Waals surface area contributed by atoms with Crippen LogP contribution in [0.3, 0.4) is 0 Å². The second kappa shape index (κ2) is 3.85. The Morgan fingerprint density at radius 1 is 1.25 bits per heavy atom. The summed E-state index contributed by atoms with van der Waals surface area (Å²) in [6.45, 7) is 2.82. The Balaban J connectivity index is 1.90. The van der Waals surface area contributed by atoms with E-state index in [0.717, 1.165) is 36.3 Å². The lowest BCUT2D eigenvalue weighted by Crippen LogP contribution is -2.09. The van der Waals surface area contributed by atoms with E-state index in [1.165, 1.54) is 18.0 Å². The molecule has 1 aliphatic heterocycles. The lowest BCUT2D eigenvalue weighted by atomic mass is 9.91. The van der Waals surface area contributed by atoms with E-state index in [-0.39, 0.29) is 11.1 Å². The van der Waals surface area contributed by atoms with Gasteiger partial charge < -0.3 is 4.74 Å². The number of nitroso groups, excluding NO2 is 1. The zero-order valence-corrected chi connectivity index (χ0v) is 11.1. The topological polar surface area (TPSA) is 64.4 Å². The molecule has 1 aromatic heterocycles. The van der Waals surface area contributed by atoms with E-state index in [1.807, 2.05) is 12.1 Å². The van der Waals surface area contributed by atoms with Crippen LogP contribution in [0.1, 0.15) is 24.0 Å². The Hall–Kier alpha value is -2.30. The summed E-state index contributed by atoms with van der Waals surface area (Å²) >= 11 is 0. The van der Waals surface area contributed by atoms with Crippen LogP contribution in [-0.4, -0.2) is 16.6 Å². The van der Waals surface area contributed by atoms with Gasteiger partial charge in [0.2, 0.25) is 0 Å². The maximum Gasteiger partial charge on any atom is 0.159 e. The van der Waals surface area contributed by atoms with E-state index in [4.69, 9.17) is 4.74 Å². The quantitative estimate of drug-likeness (QED) is 0.783. The number of aryl methyl sites for hydroxylation is 1. The molecule has 2 aliphatic rings. The van der Waals surface area contributed by atoms with E-state index < -0.39 is 0 Å². The van der Waals surface area contributed by atoms with Crippen molar-refractivity contribution in [3.63, 3.8) is 0 Å². The fraction of sp³-hybridized carbons (Fsp3) is 0.333. The largest absolute Gasteiger partial charge is 0.492 e. The number of nitrogens with zero attached hydrogens (tertiary/aromatic N) is 3. The van der Waals surface area contributed by atoms with Gasteiger partial charge >= 0.3 is 0 Å². The first-order chi connectivity index (χ1) is 9.73. The predicted octanol–water partition coefficient (Wildman–Crippen LogP) is 3.27. The highest BCUT2D eigenvalue weighted by molar-refractivity contribution is 5.71. The first-order valence-corrected chi connectivity index (χ1v) is 6.66. The van der Waals surface area contributed by atoms with Crippen LogP contribution in [0, 0.1) is 11.8 Å². The smallest absolute Gasteiger partial charge is 0.159 e. The molecule has 0 bridgehead atoms. The van der Waals surface area contributed by atoms with E-state index in [2.05, 4.69) is 22.1 Å². The number of fused-ring (bicyclic) bond motifs is 2. The van der Waals surface area contributed by atoms with Gasteiger partial charge in [0.25, 0.3) is 0 Å². The van der Waals surface area contributed by atoms with Gasteiger partial charge in [-0.3, -0.25) is 0 Å². The Morgan fingerprint density at radius 2 is 2.00 bits per heavy atom. The predicted molar refractivity (Wildman–Crippen MR) is 74.1 cm³/mol. The molecule has 1 aliphatic carbocycles. The van der Waals surface area contributed by atoms with Crippen LogP contribution in [0.4, 0.5) is 5.69 Å². The fourth-order valence-corrected chi connectivity index (χ4v) is 2.92. The molecule has 0 saturated heterocycles. The van der Waals surface area contributed by atoms with Crippen LogP contribution < -0.4 is 4.74 Å². The Kier molecular flexibility index (Phi) is 2.22. The van der Waals surface area contributed by atoms with Crippen LogP contribution in [0.25, 0.3) is 11.4 Å². The molecule has 4 rings (SSSR count). The first-order valence-electron chi connectivity index (χ1n) is 6.66. The summed E-state index contributed by atoms with van der Waals surface area (Å²) in [5.41, 5.74) is 3.82. The molecule has 1 aromatic carbocycles. The highest BCUT2D eigenvalue weighted by Crippen LogP contribution is 2.58. The van der Waals surface area contributed by atoms with E-state index >= 15 is 0 Å². The zero-order valence-electron chi connectivity index (χ0n) is 11.1. The zero-order chi connectivity index (χ0) is 13.7. The summed E-state index contributed by atoms with van der Waals surface area (Å²) in [4.78, 5) is 19.0. The van der Waals surface area contributed by atoms with Crippen LogP contribution in [0.2, 0.25) is 0 Å². The SMILES string of the molecule is Cc1ccc(-c2ncc(N=O)cn2)c2c1OCC21CC1. The third-order valence-electron chi connectivity index (χ3n) is 4.22. The standard InChI is InChI=1S/C15H13N3O2/c1-9-2-3-11(14-16-6-10(18-19)7-17-14)12-13(9)20-8-15(12)4-5-15/h2-3,6-7H,4-5,8H2,1H3. The summed E-state index contributed by atoms with van der Waals surface area (Å²) in [6.07, 6.45) is 5.22. The number of benzene rings is 1. The van der Waals surface area contributed by atoms with Crippen molar-refractivity contribution >= 4 is 5.69 Å². The van der Waals surface area contributed by atoms with Gasteiger partial charge in [-0.05, 0) is 30.5 Å². The lowest BCUT2D eigenvalue weighted by molar-refractivity contribution is 0.322. The molecule has 0 N–H and O–H groups in total. The number of hydrogen-bond acceptors (Lipinski definition) is 5. The van der Waals surface area contributed by atoms with Gasteiger partial charge in [-0.15, -0.1) is 4.91 Å². The van der Waals surface area contributed by atoms with Gasteiger partial charge in [-0.2, -0.15) is 0 Å². The number of rotatable bonds is 2. The van der Waals surface area contributed by atoms with Gasteiger partial charge in [0, 0.05) is 16.5 Å². The first kappa shape index (κ1) is 11.5. The number of aromatic nitrogens is 2. The molecule has 1 saturated carbocycles. The molecule has 0 unspecified atom stereocenters. The summed E-state index contributed by atoms with van der Waals surface area (Å²) in [5.74, 6) is 1.62. The average Bonchev–Trinajstić information content (AvgIpc) is 3.16. The summed E-state index contributed by atoms with van der Waals surface area (Å²) in [6, 6.07) is 4.08. The molecule has 1 spiro atoms. The molecule has 20 heavy (non-hydrogen) atoms. The van der Waals surface area contributed by atoms with Crippen LogP contribution >= 0.6 is 0 Å². The second-order valence-electron chi connectivity index (χ2n) is 5.56. The minimum absolute atomic E-state index is 0.168. The maximum absolute atomic E-state index is 10.4. The van der Waals surface area contributed by atoms with E-state index in [1.54, 1.807) is 0 Å². The molecular formula is C15H13N3O2. The molecule has 2 heterocycles. The van der Waals surface area contributed by atoms with Crippen molar-refractivity contribution in [3.8, 4) is 17.1 Å². The van der Waals surface area contributed by atoms with Crippen LogP contribution in [-0.2, 0) is 5.41 Å². The van der Waals surface area contributed by atoms with Gasteiger partial charge in [0.05, 0.1) is 19.0 Å². The molecule has 100 valence electrons. The normalized spacial score (nSPS) is 17.6. The van der Waals surface area contributed by atoms with Gasteiger partial charge in [-0.25, -0.2) is 9.97 Å². The Morgan fingerprint density at radius 3 is 2.65 bits per heavy atom. The highest BCUT2D eigenvalue weighted by Gasteiger charge is 2.52. The number of ether oxygens (including phenoxy) is 1. The Bertz CT molecular complexity index is 706. The molecular weight excluding hydrogens is 254 g/mol. The van der Waals surface area contributed by atoms with Crippen molar-refractivity contribution in [1.29, 1.82) is 0 Å². The van der Waals surface area contributed by atoms with Crippen molar-refractivity contribution in [2.45, 2.75) is 25.2 Å². The van der Waals surface area contributed by atoms with Crippen molar-refractivity contribution in [2.24, 2.45) is 5.18 Å². The molecule has 5 heteroatoms. The van der Waals surface area contributed by atoms with E-state index in [9.17, 15) is 4.91 Å². The Labute approximate surface area is 116 Å². The maximum atomic E-state index is 10.4. The molecule has 0 atom stereocenters. The molecule has 0 amide bonds. The molecule has 5 nitrogen and oxygen atoms in total. The highest BCUT2D eigenvalue weighted by atomic mass is 16.5. The van der Waals surface area contributed by atoms with Crippen molar-refractivity contribution < 1.29 is 4.74 Å². The minimum Gasteiger partial charge on any atom is -0.492 e. The third-order valence-corrected chi connectivity index (χ3v) is 4.22. The monoisotopic (exact) mass is 267 g/mol. The fourth-order valence-electron chi connectivity index (χ4n) is 2.92. The van der Waals surface area contributed by atoms with Crippen LogP contribution in [0.5, 0.6) is 5.75 Å². The van der Waals surface area contributed by atoms with Gasteiger partial charge in [0.1, 0.15) is 11.4 Å². The van der Waals surface area contributed by atoms with E-state index in [0.29, 0.717) is 5.82 Å². The molecule has 0 radical (unpaired) electrons. The minimum atomic E-state index is 0.168. The summed E-state index contributed by atoms with van der Waals surface area (Å²) < 4.78 is 5.89. The van der Waals surface area contributed by atoms with Crippen molar-refractivity contribution in [3.05, 3.63) is 40.6 Å². The van der Waals surface area contributed by atoms with Crippen LogP contribution in [0.15, 0.2) is 29.7 Å². The summed E-state index contributed by atoms with van der Waals surface area (Å²) in [7, 11) is 0. The number of hydrogen-bond donors (Lipinski definition) is 0. The van der Waals surface area contributed by atoms with Crippen molar-refractivity contribution in [1.82, 2.24) is 9.97 Å². The van der Waals surface area contributed by atoms with Gasteiger partial charge in [0.15, 0.2) is 5.82 Å². The average molecular weight is 267 g/mol. The lowest BCUT2D eigenvalue weighted by Gasteiger charge is -2.11. The molecule has 2 aromatic rings. The second-order valence-corrected chi connectivity index (χ2v) is 5.56. The third kappa shape index (κ3) is 1.49. The summed E-state index contributed by atoms with van der Waals surface area (Å²) in [5, 5.41) is 2.83. The molecule has 1 fully saturated rings. The van der Waals surface area contributed by atoms with Gasteiger partial charge in [-0.1, -0.05) is 12.1 Å².